The zero-order chi connectivity index (χ0) is 11.7. The second-order valence-electron chi connectivity index (χ2n) is 4.88. The molecule has 3 N–H and O–H groups in total. The molecule has 1 saturated carbocycles. The lowest BCUT2D eigenvalue weighted by Gasteiger charge is -2.21. The fraction of sp³-hybridized carbons (Fsp3) is 0.750. The lowest BCUT2D eigenvalue weighted by atomic mass is 9.93. The van der Waals surface area contributed by atoms with E-state index < -0.39 is 0 Å². The third kappa shape index (κ3) is 2.03. The van der Waals surface area contributed by atoms with Crippen molar-refractivity contribution in [2.45, 2.75) is 46.1 Å². The molecule has 0 amide bonds. The summed E-state index contributed by atoms with van der Waals surface area (Å²) in [7, 11) is 0. The van der Waals surface area contributed by atoms with Gasteiger partial charge in [-0.1, -0.05) is 20.3 Å². The third-order valence-electron chi connectivity index (χ3n) is 4.03. The molecule has 0 saturated heterocycles. The predicted octanol–water partition coefficient (Wildman–Crippen LogP) is 3.27. The summed E-state index contributed by atoms with van der Waals surface area (Å²) in [6, 6.07) is 0.600. The molecule has 3 atom stereocenters. The molecule has 1 fully saturated rings. The SMILES string of the molecule is CCC1CCC(Nc2snc(N)c2C)C1C. The summed E-state index contributed by atoms with van der Waals surface area (Å²) in [5.74, 6) is 2.31. The number of nitrogen functional groups attached to an aromatic ring is 1. The Morgan fingerprint density at radius 3 is 2.75 bits per heavy atom. The Balaban J connectivity index is 2.03. The standard InChI is InChI=1S/C12H21N3S/c1-4-9-5-6-10(7(9)2)14-12-8(3)11(13)15-16-12/h7,9-10,14H,4-6H2,1-3H3,(H2,13,15). The predicted molar refractivity (Wildman–Crippen MR) is 70.9 cm³/mol. The van der Waals surface area contributed by atoms with Crippen LogP contribution >= 0.6 is 11.5 Å². The van der Waals surface area contributed by atoms with Crippen molar-refractivity contribution >= 4 is 22.4 Å². The number of aromatic nitrogens is 1. The Bertz CT molecular complexity index is 361. The van der Waals surface area contributed by atoms with Gasteiger partial charge in [0.05, 0.1) is 0 Å². The Hall–Kier alpha value is -0.770. The molecule has 1 heterocycles. The molecule has 0 radical (unpaired) electrons. The van der Waals surface area contributed by atoms with Gasteiger partial charge in [0.2, 0.25) is 0 Å². The number of rotatable bonds is 3. The molecule has 1 aliphatic carbocycles. The molecule has 0 aromatic carbocycles. The number of nitrogens with two attached hydrogens (primary N) is 1. The highest BCUT2D eigenvalue weighted by Gasteiger charge is 2.31. The highest BCUT2D eigenvalue weighted by Crippen LogP contribution is 2.37. The van der Waals surface area contributed by atoms with Gasteiger partial charge in [0.1, 0.15) is 10.8 Å². The highest BCUT2D eigenvalue weighted by atomic mass is 32.1. The van der Waals surface area contributed by atoms with Gasteiger partial charge < -0.3 is 11.1 Å². The Kier molecular flexibility index (Phi) is 3.38. The maximum absolute atomic E-state index is 5.76. The maximum Gasteiger partial charge on any atom is 0.142 e. The minimum atomic E-state index is 0.600. The van der Waals surface area contributed by atoms with Crippen LogP contribution in [0.1, 0.15) is 38.7 Å². The van der Waals surface area contributed by atoms with E-state index in [0.29, 0.717) is 11.9 Å². The first-order valence-corrected chi connectivity index (χ1v) is 6.89. The van der Waals surface area contributed by atoms with Crippen LogP contribution in [0.15, 0.2) is 0 Å². The van der Waals surface area contributed by atoms with Gasteiger partial charge in [0, 0.05) is 11.6 Å². The van der Waals surface area contributed by atoms with E-state index in [4.69, 9.17) is 5.73 Å². The molecule has 1 aliphatic rings. The zero-order valence-corrected chi connectivity index (χ0v) is 11.1. The van der Waals surface area contributed by atoms with E-state index in [1.165, 1.54) is 30.8 Å². The van der Waals surface area contributed by atoms with Crippen molar-refractivity contribution in [2.24, 2.45) is 11.8 Å². The molecule has 0 spiro atoms. The van der Waals surface area contributed by atoms with E-state index in [1.54, 1.807) is 0 Å². The summed E-state index contributed by atoms with van der Waals surface area (Å²) in [6.45, 7) is 6.69. The first kappa shape index (κ1) is 11.7. The summed E-state index contributed by atoms with van der Waals surface area (Å²) in [5.41, 5.74) is 6.87. The van der Waals surface area contributed by atoms with Gasteiger partial charge in [-0.05, 0) is 43.1 Å². The minimum Gasteiger partial charge on any atom is -0.383 e. The molecule has 16 heavy (non-hydrogen) atoms. The first-order chi connectivity index (χ1) is 7.63. The van der Waals surface area contributed by atoms with Gasteiger partial charge in [-0.15, -0.1) is 0 Å². The monoisotopic (exact) mass is 239 g/mol. The van der Waals surface area contributed by atoms with Crippen LogP contribution in [0.4, 0.5) is 10.8 Å². The summed E-state index contributed by atoms with van der Waals surface area (Å²) in [5, 5.41) is 4.78. The molecule has 0 aliphatic heterocycles. The van der Waals surface area contributed by atoms with Crippen LogP contribution < -0.4 is 11.1 Å². The summed E-state index contributed by atoms with van der Waals surface area (Å²) in [6.07, 6.45) is 3.92. The molecular weight excluding hydrogens is 218 g/mol. The second-order valence-corrected chi connectivity index (χ2v) is 5.65. The molecule has 3 unspecified atom stereocenters. The zero-order valence-electron chi connectivity index (χ0n) is 10.3. The fourth-order valence-corrected chi connectivity index (χ4v) is 3.45. The summed E-state index contributed by atoms with van der Waals surface area (Å²) >= 11 is 1.49. The van der Waals surface area contributed by atoms with E-state index >= 15 is 0 Å². The molecule has 1 aromatic rings. The molecule has 0 bridgehead atoms. The third-order valence-corrected chi connectivity index (χ3v) is 4.92. The normalized spacial score (nSPS) is 29.6. The van der Waals surface area contributed by atoms with E-state index in [9.17, 15) is 0 Å². The average molecular weight is 239 g/mol. The van der Waals surface area contributed by atoms with Gasteiger partial charge in [0.15, 0.2) is 0 Å². The fourth-order valence-electron chi connectivity index (χ4n) is 2.68. The van der Waals surface area contributed by atoms with Crippen molar-refractivity contribution in [1.29, 1.82) is 0 Å². The number of anilines is 2. The smallest absolute Gasteiger partial charge is 0.142 e. The molecule has 4 heteroatoms. The molecular formula is C12H21N3S. The van der Waals surface area contributed by atoms with Crippen molar-refractivity contribution in [3.05, 3.63) is 5.56 Å². The first-order valence-electron chi connectivity index (χ1n) is 6.11. The summed E-state index contributed by atoms with van der Waals surface area (Å²) < 4.78 is 4.18. The van der Waals surface area contributed by atoms with Crippen LogP contribution in [0.5, 0.6) is 0 Å². The lowest BCUT2D eigenvalue weighted by molar-refractivity contribution is 0.392. The van der Waals surface area contributed by atoms with Crippen molar-refractivity contribution in [2.75, 3.05) is 11.1 Å². The van der Waals surface area contributed by atoms with Crippen molar-refractivity contribution < 1.29 is 0 Å². The van der Waals surface area contributed by atoms with E-state index in [0.717, 1.165) is 22.4 Å². The Labute approximate surface area is 102 Å². The molecule has 3 nitrogen and oxygen atoms in total. The van der Waals surface area contributed by atoms with E-state index in [-0.39, 0.29) is 0 Å². The van der Waals surface area contributed by atoms with E-state index in [2.05, 4.69) is 23.5 Å². The van der Waals surface area contributed by atoms with Crippen LogP contribution in [-0.2, 0) is 0 Å². The van der Waals surface area contributed by atoms with Gasteiger partial charge in [-0.3, -0.25) is 0 Å². The van der Waals surface area contributed by atoms with Crippen LogP contribution in [0.3, 0.4) is 0 Å². The van der Waals surface area contributed by atoms with Gasteiger partial charge in [-0.2, -0.15) is 4.37 Å². The van der Waals surface area contributed by atoms with Crippen molar-refractivity contribution in [1.82, 2.24) is 4.37 Å². The Morgan fingerprint density at radius 2 is 2.25 bits per heavy atom. The molecule has 90 valence electrons. The van der Waals surface area contributed by atoms with E-state index in [1.807, 2.05) is 6.92 Å². The number of hydrogen-bond donors (Lipinski definition) is 2. The van der Waals surface area contributed by atoms with Gasteiger partial charge >= 0.3 is 0 Å². The van der Waals surface area contributed by atoms with Gasteiger partial charge in [-0.25, -0.2) is 0 Å². The minimum absolute atomic E-state index is 0.600. The van der Waals surface area contributed by atoms with Crippen LogP contribution in [0, 0.1) is 18.8 Å². The quantitative estimate of drug-likeness (QED) is 0.851. The molecule has 2 rings (SSSR count). The lowest BCUT2D eigenvalue weighted by Crippen LogP contribution is -2.24. The molecule has 1 aromatic heterocycles. The number of nitrogens with one attached hydrogen (secondary N) is 1. The van der Waals surface area contributed by atoms with Crippen molar-refractivity contribution in [3.8, 4) is 0 Å². The second kappa shape index (κ2) is 4.62. The van der Waals surface area contributed by atoms with Gasteiger partial charge in [0.25, 0.3) is 0 Å². The topological polar surface area (TPSA) is 50.9 Å². The van der Waals surface area contributed by atoms with Crippen LogP contribution in [0.2, 0.25) is 0 Å². The average Bonchev–Trinajstić information content (AvgIpc) is 2.77. The number of hydrogen-bond acceptors (Lipinski definition) is 4. The van der Waals surface area contributed by atoms with Crippen LogP contribution in [-0.4, -0.2) is 10.4 Å². The highest BCUT2D eigenvalue weighted by molar-refractivity contribution is 7.10. The maximum atomic E-state index is 5.76. The van der Waals surface area contributed by atoms with Crippen LogP contribution in [0.25, 0.3) is 0 Å². The van der Waals surface area contributed by atoms with Crippen molar-refractivity contribution in [3.63, 3.8) is 0 Å². The number of nitrogens with zero attached hydrogens (tertiary/aromatic N) is 1. The largest absolute Gasteiger partial charge is 0.383 e. The Morgan fingerprint density at radius 1 is 1.50 bits per heavy atom. The summed E-state index contributed by atoms with van der Waals surface area (Å²) in [4.78, 5) is 0.